The molecular weight excluding hydrogens is 292 g/mol. The summed E-state index contributed by atoms with van der Waals surface area (Å²) < 4.78 is 7.87. The predicted molar refractivity (Wildman–Crippen MR) is 86.2 cm³/mol. The molecule has 0 spiro atoms. The molecule has 1 atom stereocenters. The third-order valence-electron chi connectivity index (χ3n) is 3.94. The van der Waals surface area contributed by atoms with Crippen molar-refractivity contribution in [3.63, 3.8) is 0 Å². The maximum absolute atomic E-state index is 12.4. The van der Waals surface area contributed by atoms with Crippen molar-refractivity contribution in [1.29, 1.82) is 0 Å². The van der Waals surface area contributed by atoms with Gasteiger partial charge in [0.05, 0.1) is 6.54 Å². The van der Waals surface area contributed by atoms with Crippen LogP contribution in [0.25, 0.3) is 0 Å². The fraction of sp³-hybridized carbons (Fsp3) is 0.471. The number of rotatable bonds is 4. The van der Waals surface area contributed by atoms with Crippen molar-refractivity contribution in [1.82, 2.24) is 19.4 Å². The predicted octanol–water partition coefficient (Wildman–Crippen LogP) is 1.96. The number of ether oxygens (including phenoxy) is 1. The van der Waals surface area contributed by atoms with Crippen molar-refractivity contribution in [3.05, 3.63) is 42.1 Å². The highest BCUT2D eigenvalue weighted by atomic mass is 16.5. The van der Waals surface area contributed by atoms with Crippen LogP contribution in [-0.4, -0.2) is 44.5 Å². The Morgan fingerprint density at radius 2 is 2.09 bits per heavy atom. The Labute approximate surface area is 136 Å². The molecule has 1 unspecified atom stereocenters. The van der Waals surface area contributed by atoms with Gasteiger partial charge in [0.2, 0.25) is 11.8 Å². The highest BCUT2D eigenvalue weighted by Crippen LogP contribution is 2.18. The third kappa shape index (κ3) is 4.09. The molecule has 0 N–H and O–H groups in total. The van der Waals surface area contributed by atoms with Gasteiger partial charge < -0.3 is 14.2 Å². The van der Waals surface area contributed by atoms with E-state index in [4.69, 9.17) is 4.74 Å². The maximum Gasteiger partial charge on any atom is 0.242 e. The van der Waals surface area contributed by atoms with Crippen LogP contribution in [0.15, 0.2) is 30.6 Å². The van der Waals surface area contributed by atoms with E-state index in [-0.39, 0.29) is 12.0 Å². The van der Waals surface area contributed by atoms with Gasteiger partial charge in [-0.15, -0.1) is 0 Å². The van der Waals surface area contributed by atoms with Crippen LogP contribution >= 0.6 is 0 Å². The van der Waals surface area contributed by atoms with Gasteiger partial charge >= 0.3 is 0 Å². The van der Waals surface area contributed by atoms with Crippen LogP contribution in [0.4, 0.5) is 0 Å². The van der Waals surface area contributed by atoms with Crippen LogP contribution in [0.2, 0.25) is 0 Å². The van der Waals surface area contributed by atoms with Gasteiger partial charge in [-0.25, -0.2) is 4.98 Å². The van der Waals surface area contributed by atoms with Gasteiger partial charge in [-0.05, 0) is 38.8 Å². The molecule has 0 aromatic carbocycles. The molecule has 0 radical (unpaired) electrons. The number of aromatic nitrogens is 3. The first-order chi connectivity index (χ1) is 11.1. The first-order valence-electron chi connectivity index (χ1n) is 7.97. The topological polar surface area (TPSA) is 60.2 Å². The summed E-state index contributed by atoms with van der Waals surface area (Å²) in [7, 11) is 0. The van der Waals surface area contributed by atoms with E-state index in [1.54, 1.807) is 0 Å². The van der Waals surface area contributed by atoms with Gasteiger partial charge in [-0.3, -0.25) is 4.79 Å². The number of piperidine rings is 1. The molecular formula is C17H22N4O2. The molecule has 23 heavy (non-hydrogen) atoms. The van der Waals surface area contributed by atoms with Gasteiger partial charge in [0, 0.05) is 30.7 Å². The molecule has 3 heterocycles. The molecule has 0 aliphatic carbocycles. The second-order valence-electron chi connectivity index (χ2n) is 5.97. The summed E-state index contributed by atoms with van der Waals surface area (Å²) in [6, 6.07) is 5.69. The second-order valence-corrected chi connectivity index (χ2v) is 5.97. The standard InChI is InChI=1S/C17H22N4O2/c1-13-10-16(19-14(2)18-13)23-15-6-5-9-21(11-15)17(22)12-20-7-3-4-8-20/h3-4,7-8,10,15H,5-6,9,11-12H2,1-2H3. The lowest BCUT2D eigenvalue weighted by atomic mass is 10.1. The molecule has 0 bridgehead atoms. The average Bonchev–Trinajstić information content (AvgIpc) is 2.99. The zero-order valence-electron chi connectivity index (χ0n) is 13.6. The largest absolute Gasteiger partial charge is 0.472 e. The Balaban J connectivity index is 1.60. The lowest BCUT2D eigenvalue weighted by molar-refractivity contribution is -0.134. The van der Waals surface area contributed by atoms with E-state index in [9.17, 15) is 4.79 Å². The lowest BCUT2D eigenvalue weighted by Crippen LogP contribution is -2.45. The number of hydrogen-bond donors (Lipinski definition) is 0. The Bertz CT molecular complexity index is 649. The smallest absolute Gasteiger partial charge is 0.242 e. The number of hydrogen-bond acceptors (Lipinski definition) is 4. The van der Waals surface area contributed by atoms with E-state index in [1.807, 2.05) is 53.9 Å². The highest BCUT2D eigenvalue weighted by Gasteiger charge is 2.25. The first-order valence-corrected chi connectivity index (χ1v) is 7.97. The number of carbonyl (C=O) groups is 1. The zero-order valence-corrected chi connectivity index (χ0v) is 13.6. The van der Waals surface area contributed by atoms with Crippen LogP contribution < -0.4 is 4.74 Å². The molecule has 1 saturated heterocycles. The normalized spacial score (nSPS) is 18.0. The summed E-state index contributed by atoms with van der Waals surface area (Å²) in [5.74, 6) is 1.43. The third-order valence-corrected chi connectivity index (χ3v) is 3.94. The van der Waals surface area contributed by atoms with Gasteiger partial charge in [-0.1, -0.05) is 0 Å². The van der Waals surface area contributed by atoms with Crippen LogP contribution in [0.5, 0.6) is 5.88 Å². The minimum atomic E-state index is -0.00828. The van der Waals surface area contributed by atoms with E-state index in [0.717, 1.165) is 25.1 Å². The van der Waals surface area contributed by atoms with Crippen molar-refractivity contribution in [2.45, 2.75) is 39.3 Å². The van der Waals surface area contributed by atoms with E-state index in [1.165, 1.54) is 0 Å². The average molecular weight is 314 g/mol. The zero-order chi connectivity index (χ0) is 16.2. The molecule has 6 nitrogen and oxygen atoms in total. The van der Waals surface area contributed by atoms with E-state index in [0.29, 0.717) is 24.8 Å². The van der Waals surface area contributed by atoms with Crippen LogP contribution in [0.1, 0.15) is 24.4 Å². The van der Waals surface area contributed by atoms with E-state index in [2.05, 4.69) is 9.97 Å². The number of carbonyl (C=O) groups excluding carboxylic acids is 1. The monoisotopic (exact) mass is 314 g/mol. The van der Waals surface area contributed by atoms with Gasteiger partial charge in [-0.2, -0.15) is 4.98 Å². The van der Waals surface area contributed by atoms with E-state index >= 15 is 0 Å². The van der Waals surface area contributed by atoms with Crippen LogP contribution in [-0.2, 0) is 11.3 Å². The lowest BCUT2D eigenvalue weighted by Gasteiger charge is -2.32. The van der Waals surface area contributed by atoms with Crippen molar-refractivity contribution >= 4 is 5.91 Å². The maximum atomic E-state index is 12.4. The van der Waals surface area contributed by atoms with Gasteiger partial charge in [0.1, 0.15) is 18.5 Å². The SMILES string of the molecule is Cc1cc(OC2CCCN(C(=O)Cn3cccc3)C2)nc(C)n1. The molecule has 0 saturated carbocycles. The summed E-state index contributed by atoms with van der Waals surface area (Å²) in [5.41, 5.74) is 0.892. The first kappa shape index (κ1) is 15.5. The Morgan fingerprint density at radius 3 is 2.83 bits per heavy atom. The summed E-state index contributed by atoms with van der Waals surface area (Å²) in [6.45, 7) is 5.57. The summed E-state index contributed by atoms with van der Waals surface area (Å²) in [6.07, 6.45) is 5.69. The molecule has 3 rings (SSSR count). The fourth-order valence-corrected chi connectivity index (χ4v) is 2.91. The minimum absolute atomic E-state index is 0.00828. The fourth-order valence-electron chi connectivity index (χ4n) is 2.91. The molecule has 6 heteroatoms. The quantitative estimate of drug-likeness (QED) is 0.865. The van der Waals surface area contributed by atoms with Crippen molar-refractivity contribution in [3.8, 4) is 5.88 Å². The summed E-state index contributed by atoms with van der Waals surface area (Å²) in [5, 5.41) is 0. The Kier molecular flexibility index (Phi) is 4.60. The molecule has 1 aliphatic rings. The molecule has 1 aliphatic heterocycles. The Hall–Kier alpha value is -2.37. The minimum Gasteiger partial charge on any atom is -0.472 e. The highest BCUT2D eigenvalue weighted by molar-refractivity contribution is 5.76. The van der Waals surface area contributed by atoms with Crippen molar-refractivity contribution < 1.29 is 9.53 Å². The van der Waals surface area contributed by atoms with Gasteiger partial charge in [0.15, 0.2) is 0 Å². The number of amides is 1. The van der Waals surface area contributed by atoms with Crippen LogP contribution in [0.3, 0.4) is 0 Å². The molecule has 2 aromatic heterocycles. The van der Waals surface area contributed by atoms with Crippen molar-refractivity contribution in [2.24, 2.45) is 0 Å². The number of aryl methyl sites for hydroxylation is 2. The summed E-state index contributed by atoms with van der Waals surface area (Å²) in [4.78, 5) is 22.9. The number of likely N-dealkylation sites (tertiary alicyclic amines) is 1. The van der Waals surface area contributed by atoms with Gasteiger partial charge in [0.25, 0.3) is 0 Å². The van der Waals surface area contributed by atoms with E-state index < -0.39 is 0 Å². The molecule has 2 aromatic rings. The molecule has 1 amide bonds. The second kappa shape index (κ2) is 6.81. The van der Waals surface area contributed by atoms with Crippen LogP contribution in [0, 0.1) is 13.8 Å². The summed E-state index contributed by atoms with van der Waals surface area (Å²) >= 11 is 0. The molecule has 1 fully saturated rings. The van der Waals surface area contributed by atoms with Crippen molar-refractivity contribution in [2.75, 3.05) is 13.1 Å². The Morgan fingerprint density at radius 1 is 1.30 bits per heavy atom. The molecule has 122 valence electrons. The number of nitrogens with zero attached hydrogens (tertiary/aromatic N) is 4.